The number of benzene rings is 4. The van der Waals surface area contributed by atoms with E-state index in [4.69, 9.17) is 0 Å². The Labute approximate surface area is 276 Å². The Morgan fingerprint density at radius 1 is 0.438 bits per heavy atom. The van der Waals surface area contributed by atoms with Gasteiger partial charge in [-0.25, -0.2) is 0 Å². The van der Waals surface area contributed by atoms with E-state index in [1.165, 1.54) is 0 Å². The van der Waals surface area contributed by atoms with Crippen molar-refractivity contribution in [2.75, 3.05) is 10.6 Å². The van der Waals surface area contributed by atoms with Gasteiger partial charge in [0, 0.05) is 23.3 Å². The highest BCUT2D eigenvalue weighted by molar-refractivity contribution is 6.31. The van der Waals surface area contributed by atoms with Crippen molar-refractivity contribution in [2.24, 2.45) is 20.5 Å². The summed E-state index contributed by atoms with van der Waals surface area (Å²) in [5.41, 5.74) is 5.46. The molecule has 0 bridgehead atoms. The smallest absolute Gasteiger partial charge is 0.221 e. The molecular weight excluding hydrogens is 600 g/mol. The molecule has 2 heterocycles. The number of fused-ring (bicyclic) bond motifs is 2. The summed E-state index contributed by atoms with van der Waals surface area (Å²) in [6, 6.07) is 37.1. The van der Waals surface area contributed by atoms with Gasteiger partial charge in [-0.2, -0.15) is 19.4 Å². The van der Waals surface area contributed by atoms with Gasteiger partial charge in [0.2, 0.25) is 13.3 Å². The minimum Gasteiger partial charge on any atom is -0.330 e. The van der Waals surface area contributed by atoms with E-state index in [1.54, 1.807) is 24.3 Å². The number of nitrogens with zero attached hydrogens (tertiary/aromatic N) is 6. The lowest BCUT2D eigenvalue weighted by molar-refractivity contribution is -0.690. The minimum absolute atomic E-state index is 0.196. The molecule has 0 aliphatic heterocycles. The fraction of sp³-hybridized carbons (Fsp3) is 0.0526. The number of rotatable bonds is 10. The maximum Gasteiger partial charge on any atom is 0.221 e. The number of hydrogen-bond donors (Lipinski definition) is 2. The zero-order chi connectivity index (χ0) is 32.7. The van der Waals surface area contributed by atoms with E-state index < -0.39 is 0 Å². The van der Waals surface area contributed by atoms with Crippen molar-refractivity contribution in [1.29, 1.82) is 0 Å². The number of nitrogens with one attached hydrogen (secondary N) is 2. The highest BCUT2D eigenvalue weighted by atomic mass is 16.1. The zero-order valence-electron chi connectivity index (χ0n) is 25.8. The number of aromatic nitrogens is 2. The predicted octanol–water partition coefficient (Wildman–Crippen LogP) is 8.01. The van der Waals surface area contributed by atoms with Gasteiger partial charge in [0.1, 0.15) is 11.4 Å². The van der Waals surface area contributed by atoms with Crippen LogP contribution in [0.15, 0.2) is 167 Å². The van der Waals surface area contributed by atoms with Crippen LogP contribution in [0.5, 0.6) is 0 Å². The van der Waals surface area contributed by atoms with Gasteiger partial charge in [0.25, 0.3) is 0 Å². The third-order valence-electron chi connectivity index (χ3n) is 7.74. The molecule has 0 radical (unpaired) electrons. The molecule has 0 amide bonds. The SMILES string of the molecule is O=C1c2cccc(NC[n+]3cccc(N=Nc4ccccc4)c3)c2C(=O)c2c(NC[n+]3cccc(N=Nc4ccccc4)c3)cccc21. The van der Waals surface area contributed by atoms with Gasteiger partial charge < -0.3 is 10.6 Å². The maximum atomic E-state index is 14.2. The Morgan fingerprint density at radius 3 is 1.31 bits per heavy atom. The number of carbonyl (C=O) groups excluding carboxylic acids is 2. The molecule has 7 rings (SSSR count). The van der Waals surface area contributed by atoms with Crippen molar-refractivity contribution in [3.05, 3.63) is 168 Å². The van der Waals surface area contributed by atoms with Crippen LogP contribution in [0.25, 0.3) is 0 Å². The van der Waals surface area contributed by atoms with E-state index in [0.29, 0.717) is 58.3 Å². The summed E-state index contributed by atoms with van der Waals surface area (Å²) in [7, 11) is 0. The molecule has 2 aromatic heterocycles. The molecule has 232 valence electrons. The molecule has 0 atom stereocenters. The van der Waals surface area contributed by atoms with E-state index in [0.717, 1.165) is 11.4 Å². The highest BCUT2D eigenvalue weighted by Crippen LogP contribution is 2.35. The fourth-order valence-corrected chi connectivity index (χ4v) is 5.44. The highest BCUT2D eigenvalue weighted by Gasteiger charge is 2.34. The van der Waals surface area contributed by atoms with Crippen LogP contribution in [-0.2, 0) is 13.3 Å². The molecule has 0 saturated carbocycles. The molecule has 0 fully saturated rings. The van der Waals surface area contributed by atoms with Crippen LogP contribution in [0.3, 0.4) is 0 Å². The molecule has 0 saturated heterocycles. The average molecular weight is 631 g/mol. The van der Waals surface area contributed by atoms with Crippen molar-refractivity contribution in [1.82, 2.24) is 0 Å². The predicted molar refractivity (Wildman–Crippen MR) is 182 cm³/mol. The van der Waals surface area contributed by atoms with Crippen molar-refractivity contribution < 1.29 is 18.7 Å². The molecule has 0 unspecified atom stereocenters. The van der Waals surface area contributed by atoms with Crippen molar-refractivity contribution in [3.8, 4) is 0 Å². The van der Waals surface area contributed by atoms with Gasteiger partial charge in [0.05, 0.1) is 33.9 Å². The van der Waals surface area contributed by atoms with Gasteiger partial charge in [0.15, 0.2) is 36.4 Å². The number of azo groups is 2. The Morgan fingerprint density at radius 2 is 0.854 bits per heavy atom. The maximum absolute atomic E-state index is 14.2. The van der Waals surface area contributed by atoms with Gasteiger partial charge >= 0.3 is 0 Å². The molecule has 2 N–H and O–H groups in total. The van der Waals surface area contributed by atoms with E-state index in [9.17, 15) is 9.59 Å². The van der Waals surface area contributed by atoms with Crippen LogP contribution in [0, 0.1) is 0 Å². The van der Waals surface area contributed by atoms with Crippen LogP contribution in [0.4, 0.5) is 34.1 Å². The first-order valence-corrected chi connectivity index (χ1v) is 15.4. The Bertz CT molecular complexity index is 2030. The van der Waals surface area contributed by atoms with E-state index in [2.05, 4.69) is 31.1 Å². The van der Waals surface area contributed by atoms with Crippen LogP contribution >= 0.6 is 0 Å². The lowest BCUT2D eigenvalue weighted by Gasteiger charge is -2.22. The molecular formula is C38H30N8O2+2. The molecule has 0 spiro atoms. The molecule has 10 nitrogen and oxygen atoms in total. The largest absolute Gasteiger partial charge is 0.330 e. The zero-order valence-corrected chi connectivity index (χ0v) is 25.8. The molecule has 1 aliphatic carbocycles. The van der Waals surface area contributed by atoms with E-state index in [-0.39, 0.29) is 11.6 Å². The number of anilines is 2. The third-order valence-corrected chi connectivity index (χ3v) is 7.74. The summed E-state index contributed by atoms with van der Waals surface area (Å²) in [5.74, 6) is -0.421. The van der Waals surface area contributed by atoms with Crippen molar-refractivity contribution in [3.63, 3.8) is 0 Å². The van der Waals surface area contributed by atoms with E-state index >= 15 is 0 Å². The third kappa shape index (κ3) is 6.63. The van der Waals surface area contributed by atoms with Crippen LogP contribution < -0.4 is 19.8 Å². The fourth-order valence-electron chi connectivity index (χ4n) is 5.44. The quantitative estimate of drug-likeness (QED) is 0.118. The lowest BCUT2D eigenvalue weighted by atomic mass is 9.82. The standard InChI is InChI=1S/C38H29N8O2/c47-37-31-17-7-19-33(39-25-45-21-9-15-29(23-45)43-41-27-11-3-1-4-12-27)35(31)38(48)36-32(37)18-8-20-34(36)40-26-46-22-10-16-30(24-46)44-42-28-13-5-2-6-14-28/h1-24H,25-26H2,(H-,39,40,48)/q+1/p+1. The van der Waals surface area contributed by atoms with Gasteiger partial charge in [-0.3, -0.25) is 9.59 Å². The number of hydrogen-bond acceptors (Lipinski definition) is 8. The second kappa shape index (κ2) is 13.8. The Hall–Kier alpha value is -6.68. The molecule has 10 heteroatoms. The van der Waals surface area contributed by atoms with Crippen molar-refractivity contribution in [2.45, 2.75) is 13.3 Å². The first kappa shape index (κ1) is 30.0. The normalized spacial score (nSPS) is 12.2. The van der Waals surface area contributed by atoms with Gasteiger partial charge in [-0.15, -0.1) is 10.2 Å². The summed E-state index contributed by atoms with van der Waals surface area (Å²) in [5, 5.41) is 24.0. The number of ketones is 2. The first-order valence-electron chi connectivity index (χ1n) is 15.4. The summed E-state index contributed by atoms with van der Waals surface area (Å²) in [6.07, 6.45) is 7.50. The van der Waals surface area contributed by atoms with Crippen LogP contribution in [0.2, 0.25) is 0 Å². The van der Waals surface area contributed by atoms with Crippen LogP contribution in [0.1, 0.15) is 31.8 Å². The second-order valence-corrected chi connectivity index (χ2v) is 11.0. The molecule has 4 aromatic carbocycles. The molecule has 6 aromatic rings. The monoisotopic (exact) mass is 630 g/mol. The topological polar surface area (TPSA) is 115 Å². The minimum atomic E-state index is -0.225. The van der Waals surface area contributed by atoms with Crippen LogP contribution in [-0.4, -0.2) is 11.6 Å². The summed E-state index contributed by atoms with van der Waals surface area (Å²) >= 11 is 0. The lowest BCUT2D eigenvalue weighted by Crippen LogP contribution is -2.37. The van der Waals surface area contributed by atoms with E-state index in [1.807, 2.05) is 131 Å². The summed E-state index contributed by atoms with van der Waals surface area (Å²) < 4.78 is 3.80. The molecule has 48 heavy (non-hydrogen) atoms. The average Bonchev–Trinajstić information content (AvgIpc) is 3.14. The van der Waals surface area contributed by atoms with Gasteiger partial charge in [-0.05, 0) is 48.5 Å². The van der Waals surface area contributed by atoms with Crippen molar-refractivity contribution >= 4 is 45.7 Å². The summed E-state index contributed by atoms with van der Waals surface area (Å²) in [6.45, 7) is 0.682. The van der Waals surface area contributed by atoms with Gasteiger partial charge in [-0.1, -0.05) is 60.7 Å². The first-order chi connectivity index (χ1) is 23.6. The summed E-state index contributed by atoms with van der Waals surface area (Å²) in [4.78, 5) is 27.9. The molecule has 1 aliphatic rings. The number of pyridine rings is 2. The number of carbonyl (C=O) groups is 2. The second-order valence-electron chi connectivity index (χ2n) is 11.0. The Kier molecular flexibility index (Phi) is 8.60. The Balaban J connectivity index is 1.09.